The van der Waals surface area contributed by atoms with Crippen molar-refractivity contribution in [3.05, 3.63) is 29.6 Å². The van der Waals surface area contributed by atoms with Crippen molar-refractivity contribution in [2.75, 3.05) is 18.1 Å². The molecule has 3 N–H and O–H groups in total. The fourth-order valence-electron chi connectivity index (χ4n) is 1.91. The van der Waals surface area contributed by atoms with Crippen LogP contribution in [0.15, 0.2) is 18.5 Å². The average molecular weight is 275 g/mol. The van der Waals surface area contributed by atoms with Gasteiger partial charge in [-0.05, 0) is 24.7 Å². The van der Waals surface area contributed by atoms with Crippen LogP contribution < -0.4 is 11.1 Å². The van der Waals surface area contributed by atoms with Crippen LogP contribution in [0.2, 0.25) is 0 Å². The second kappa shape index (κ2) is 7.17. The Hall–Kier alpha value is -1.51. The molecule has 5 heteroatoms. The first-order valence-electron chi connectivity index (χ1n) is 6.32. The zero-order valence-electron chi connectivity index (χ0n) is 10.7. The van der Waals surface area contributed by atoms with Crippen LogP contribution in [0.5, 0.6) is 0 Å². The smallest absolute Gasteiger partial charge is 0.253 e. The van der Waals surface area contributed by atoms with E-state index in [0.717, 1.165) is 24.2 Å². The van der Waals surface area contributed by atoms with E-state index in [0.29, 0.717) is 12.1 Å². The number of nitrogens with two attached hydrogens (primary N) is 1. The van der Waals surface area contributed by atoms with E-state index in [1.54, 1.807) is 18.5 Å². The highest BCUT2D eigenvalue weighted by atomic mass is 32.2. The molecule has 1 amide bonds. The molecule has 1 fully saturated rings. The van der Waals surface area contributed by atoms with Crippen LogP contribution in [0.25, 0.3) is 0 Å². The van der Waals surface area contributed by atoms with Crippen molar-refractivity contribution in [1.29, 1.82) is 0 Å². The van der Waals surface area contributed by atoms with Crippen LogP contribution >= 0.6 is 11.8 Å². The molecule has 1 aliphatic heterocycles. The quantitative estimate of drug-likeness (QED) is 0.791. The number of hydrogen-bond donors (Lipinski definition) is 2. The van der Waals surface area contributed by atoms with E-state index in [-0.39, 0.29) is 11.9 Å². The van der Waals surface area contributed by atoms with Crippen molar-refractivity contribution in [3.8, 4) is 11.8 Å². The van der Waals surface area contributed by atoms with Gasteiger partial charge in [0.15, 0.2) is 0 Å². The van der Waals surface area contributed by atoms with E-state index in [2.05, 4.69) is 22.1 Å². The zero-order valence-corrected chi connectivity index (χ0v) is 11.5. The molecule has 0 saturated carbocycles. The van der Waals surface area contributed by atoms with Gasteiger partial charge >= 0.3 is 0 Å². The summed E-state index contributed by atoms with van der Waals surface area (Å²) < 4.78 is 0. The van der Waals surface area contributed by atoms with E-state index in [1.807, 2.05) is 11.8 Å². The Morgan fingerprint density at radius 1 is 1.58 bits per heavy atom. The lowest BCUT2D eigenvalue weighted by Crippen LogP contribution is -2.38. The average Bonchev–Trinajstić information content (AvgIpc) is 2.46. The number of carbonyl (C=O) groups excluding carboxylic acids is 1. The number of rotatable bonds is 2. The molecule has 0 aromatic carbocycles. The van der Waals surface area contributed by atoms with Crippen LogP contribution in [-0.2, 0) is 0 Å². The Balaban J connectivity index is 2.01. The third kappa shape index (κ3) is 4.27. The van der Waals surface area contributed by atoms with Gasteiger partial charge in [-0.2, -0.15) is 11.8 Å². The Labute approximate surface area is 117 Å². The number of pyridine rings is 1. The van der Waals surface area contributed by atoms with Gasteiger partial charge in [0, 0.05) is 29.8 Å². The molecule has 100 valence electrons. The first-order chi connectivity index (χ1) is 9.29. The third-order valence-corrected chi connectivity index (χ3v) is 4.05. The molecule has 1 atom stereocenters. The molecule has 1 aromatic heterocycles. The molecular weight excluding hydrogens is 258 g/mol. The molecule has 0 bridgehead atoms. The predicted molar refractivity (Wildman–Crippen MR) is 78.0 cm³/mol. The molecular formula is C14H17N3OS. The SMILES string of the molecule is NCC#Cc1cncc(C(=O)NC2CCCSC2)c1. The Morgan fingerprint density at radius 3 is 3.21 bits per heavy atom. The summed E-state index contributed by atoms with van der Waals surface area (Å²) in [6.07, 6.45) is 5.42. The first-order valence-corrected chi connectivity index (χ1v) is 7.47. The summed E-state index contributed by atoms with van der Waals surface area (Å²) in [6, 6.07) is 2.02. The monoisotopic (exact) mass is 275 g/mol. The number of aromatic nitrogens is 1. The van der Waals surface area contributed by atoms with Crippen LogP contribution in [0.1, 0.15) is 28.8 Å². The normalized spacial score (nSPS) is 18.3. The molecule has 1 aromatic rings. The van der Waals surface area contributed by atoms with E-state index in [1.165, 1.54) is 5.75 Å². The minimum absolute atomic E-state index is 0.0728. The molecule has 0 radical (unpaired) electrons. The lowest BCUT2D eigenvalue weighted by Gasteiger charge is -2.22. The molecule has 2 heterocycles. The molecule has 0 spiro atoms. The standard InChI is InChI=1S/C14H17N3OS/c15-5-1-3-11-7-12(9-16-8-11)14(18)17-13-4-2-6-19-10-13/h7-9,13H,2,4-6,10,15H2,(H,17,18). The highest BCUT2D eigenvalue weighted by molar-refractivity contribution is 7.99. The minimum atomic E-state index is -0.0728. The summed E-state index contributed by atoms with van der Waals surface area (Å²) >= 11 is 1.89. The fourth-order valence-corrected chi connectivity index (χ4v) is 2.98. The summed E-state index contributed by atoms with van der Waals surface area (Å²) in [6.45, 7) is 0.301. The topological polar surface area (TPSA) is 68.0 Å². The van der Waals surface area contributed by atoms with Gasteiger partial charge in [-0.15, -0.1) is 0 Å². The number of nitrogens with one attached hydrogen (secondary N) is 1. The van der Waals surface area contributed by atoms with Crippen LogP contribution in [0.3, 0.4) is 0 Å². The number of amides is 1. The van der Waals surface area contributed by atoms with Crippen molar-refractivity contribution < 1.29 is 4.79 Å². The van der Waals surface area contributed by atoms with Gasteiger partial charge < -0.3 is 11.1 Å². The van der Waals surface area contributed by atoms with E-state index < -0.39 is 0 Å². The Morgan fingerprint density at radius 2 is 2.47 bits per heavy atom. The highest BCUT2D eigenvalue weighted by Gasteiger charge is 2.17. The van der Waals surface area contributed by atoms with Crippen molar-refractivity contribution in [2.45, 2.75) is 18.9 Å². The number of nitrogens with zero attached hydrogens (tertiary/aromatic N) is 1. The summed E-state index contributed by atoms with van der Waals surface area (Å²) in [7, 11) is 0. The van der Waals surface area contributed by atoms with E-state index in [4.69, 9.17) is 5.73 Å². The summed E-state index contributed by atoms with van der Waals surface area (Å²) in [5, 5.41) is 3.05. The summed E-state index contributed by atoms with van der Waals surface area (Å²) in [5.41, 5.74) is 6.60. The van der Waals surface area contributed by atoms with Gasteiger partial charge in [0.05, 0.1) is 12.1 Å². The largest absolute Gasteiger partial charge is 0.348 e. The predicted octanol–water partition coefficient (Wildman–Crippen LogP) is 1.02. The maximum Gasteiger partial charge on any atom is 0.253 e. The molecule has 4 nitrogen and oxygen atoms in total. The van der Waals surface area contributed by atoms with Crippen molar-refractivity contribution >= 4 is 17.7 Å². The van der Waals surface area contributed by atoms with Gasteiger partial charge in [-0.3, -0.25) is 9.78 Å². The molecule has 1 saturated heterocycles. The maximum atomic E-state index is 12.1. The second-order valence-corrected chi connectivity index (χ2v) is 5.51. The molecule has 1 aliphatic rings. The second-order valence-electron chi connectivity index (χ2n) is 4.36. The Bertz CT molecular complexity index is 501. The first kappa shape index (κ1) is 13.9. The van der Waals surface area contributed by atoms with Gasteiger partial charge in [0.2, 0.25) is 0 Å². The minimum Gasteiger partial charge on any atom is -0.348 e. The van der Waals surface area contributed by atoms with Crippen LogP contribution in [-0.4, -0.2) is 35.0 Å². The van der Waals surface area contributed by atoms with Gasteiger partial charge in [0.1, 0.15) is 0 Å². The van der Waals surface area contributed by atoms with Gasteiger partial charge in [-0.25, -0.2) is 0 Å². The molecule has 1 unspecified atom stereocenters. The van der Waals surface area contributed by atoms with Crippen molar-refractivity contribution in [2.24, 2.45) is 5.73 Å². The molecule has 19 heavy (non-hydrogen) atoms. The third-order valence-electron chi connectivity index (χ3n) is 2.83. The number of carbonyl (C=O) groups is 1. The maximum absolute atomic E-state index is 12.1. The van der Waals surface area contributed by atoms with Crippen molar-refractivity contribution in [3.63, 3.8) is 0 Å². The number of thioether (sulfide) groups is 1. The van der Waals surface area contributed by atoms with Crippen molar-refractivity contribution in [1.82, 2.24) is 10.3 Å². The summed E-state index contributed by atoms with van der Waals surface area (Å²) in [4.78, 5) is 16.1. The number of hydrogen-bond acceptors (Lipinski definition) is 4. The van der Waals surface area contributed by atoms with Crippen LogP contribution in [0, 0.1) is 11.8 Å². The molecule has 0 aliphatic carbocycles. The van der Waals surface area contributed by atoms with E-state index in [9.17, 15) is 4.79 Å². The van der Waals surface area contributed by atoms with Gasteiger partial charge in [-0.1, -0.05) is 11.8 Å². The Kier molecular flexibility index (Phi) is 5.25. The fraction of sp³-hybridized carbons (Fsp3) is 0.429. The lowest BCUT2D eigenvalue weighted by atomic mass is 10.1. The van der Waals surface area contributed by atoms with Crippen LogP contribution in [0.4, 0.5) is 0 Å². The lowest BCUT2D eigenvalue weighted by molar-refractivity contribution is 0.0938. The zero-order chi connectivity index (χ0) is 13.5. The summed E-state index contributed by atoms with van der Waals surface area (Å²) in [5.74, 6) is 7.75. The molecule has 2 rings (SSSR count). The van der Waals surface area contributed by atoms with Gasteiger partial charge in [0.25, 0.3) is 5.91 Å². The highest BCUT2D eigenvalue weighted by Crippen LogP contribution is 2.17. The van der Waals surface area contributed by atoms with E-state index >= 15 is 0 Å².